The standard InChI is InChI=1S/C12H14F3NO4/c1-19-9-4-6(3-8(16)11(17)18)7(12(13,14)15)5-10(9)20-2/h4-5,8H,3,16H2,1-2H3,(H,17,18). The Hall–Kier alpha value is -1.96. The van der Waals surface area contributed by atoms with Crippen LogP contribution in [0.25, 0.3) is 0 Å². The zero-order chi connectivity index (χ0) is 15.5. The summed E-state index contributed by atoms with van der Waals surface area (Å²) >= 11 is 0. The van der Waals surface area contributed by atoms with E-state index in [1.165, 1.54) is 14.2 Å². The van der Waals surface area contributed by atoms with Gasteiger partial charge >= 0.3 is 12.1 Å². The second-order valence-corrected chi connectivity index (χ2v) is 4.01. The highest BCUT2D eigenvalue weighted by atomic mass is 19.4. The van der Waals surface area contributed by atoms with Gasteiger partial charge in [0.2, 0.25) is 0 Å². The minimum absolute atomic E-state index is 0.0769. The third-order valence-corrected chi connectivity index (χ3v) is 2.67. The molecule has 0 aliphatic rings. The summed E-state index contributed by atoms with van der Waals surface area (Å²) in [5.41, 5.74) is 4.03. The number of rotatable bonds is 5. The first kappa shape index (κ1) is 16.1. The smallest absolute Gasteiger partial charge is 0.416 e. The van der Waals surface area contributed by atoms with Gasteiger partial charge in [-0.2, -0.15) is 13.2 Å². The summed E-state index contributed by atoms with van der Waals surface area (Å²) in [6, 6.07) is 0.418. The van der Waals surface area contributed by atoms with Gasteiger partial charge in [-0.1, -0.05) is 0 Å². The number of carboxylic acids is 1. The van der Waals surface area contributed by atoms with Gasteiger partial charge in [-0.15, -0.1) is 0 Å². The van der Waals surface area contributed by atoms with Crippen LogP contribution in [0.1, 0.15) is 11.1 Å². The van der Waals surface area contributed by atoms with Crippen molar-refractivity contribution in [3.63, 3.8) is 0 Å². The number of hydrogen-bond donors (Lipinski definition) is 2. The fraction of sp³-hybridized carbons (Fsp3) is 0.417. The van der Waals surface area contributed by atoms with Crippen LogP contribution in [-0.2, 0) is 17.4 Å². The number of alkyl halides is 3. The first-order valence-electron chi connectivity index (χ1n) is 5.51. The zero-order valence-corrected chi connectivity index (χ0v) is 10.8. The first-order valence-corrected chi connectivity index (χ1v) is 5.51. The number of ether oxygens (including phenoxy) is 2. The lowest BCUT2D eigenvalue weighted by molar-refractivity contribution is -0.141. The Morgan fingerprint density at radius 1 is 1.30 bits per heavy atom. The van der Waals surface area contributed by atoms with Crippen LogP contribution in [-0.4, -0.2) is 31.3 Å². The monoisotopic (exact) mass is 293 g/mol. The number of nitrogens with two attached hydrogens (primary N) is 1. The number of halogens is 3. The topological polar surface area (TPSA) is 81.8 Å². The van der Waals surface area contributed by atoms with Crippen molar-refractivity contribution in [3.05, 3.63) is 23.3 Å². The highest BCUT2D eigenvalue weighted by Gasteiger charge is 2.35. The molecule has 8 heteroatoms. The molecule has 0 saturated carbocycles. The summed E-state index contributed by atoms with van der Waals surface area (Å²) in [6.45, 7) is 0. The van der Waals surface area contributed by atoms with Crippen molar-refractivity contribution in [1.29, 1.82) is 0 Å². The Kier molecular flexibility index (Phi) is 4.83. The quantitative estimate of drug-likeness (QED) is 0.863. The molecule has 1 aromatic carbocycles. The van der Waals surface area contributed by atoms with Crippen molar-refractivity contribution in [3.8, 4) is 11.5 Å². The summed E-state index contributed by atoms with van der Waals surface area (Å²) in [5.74, 6) is -1.39. The van der Waals surface area contributed by atoms with E-state index in [0.29, 0.717) is 0 Å². The van der Waals surface area contributed by atoms with Crippen LogP contribution in [0.5, 0.6) is 11.5 Å². The van der Waals surface area contributed by atoms with Crippen molar-refractivity contribution < 1.29 is 32.5 Å². The van der Waals surface area contributed by atoms with Crippen LogP contribution >= 0.6 is 0 Å². The van der Waals surface area contributed by atoms with Crippen molar-refractivity contribution in [1.82, 2.24) is 0 Å². The van der Waals surface area contributed by atoms with Crippen LogP contribution in [0.3, 0.4) is 0 Å². The molecule has 1 rings (SSSR count). The lowest BCUT2D eigenvalue weighted by Crippen LogP contribution is -2.33. The van der Waals surface area contributed by atoms with Crippen LogP contribution in [0.2, 0.25) is 0 Å². The van der Waals surface area contributed by atoms with Crippen molar-refractivity contribution in [2.75, 3.05) is 14.2 Å². The molecule has 0 aliphatic carbocycles. The van der Waals surface area contributed by atoms with E-state index in [4.69, 9.17) is 20.3 Å². The molecule has 112 valence electrons. The summed E-state index contributed by atoms with van der Waals surface area (Å²) in [4.78, 5) is 10.7. The molecule has 0 fully saturated rings. The van der Waals surface area contributed by atoms with Gasteiger partial charge in [0.1, 0.15) is 6.04 Å². The summed E-state index contributed by atoms with van der Waals surface area (Å²) in [5, 5.41) is 8.70. The van der Waals surface area contributed by atoms with Gasteiger partial charge in [-0.05, 0) is 24.1 Å². The Balaban J connectivity index is 3.35. The molecule has 1 unspecified atom stereocenters. The van der Waals surface area contributed by atoms with E-state index in [0.717, 1.165) is 12.1 Å². The first-order chi connectivity index (χ1) is 9.20. The average Bonchev–Trinajstić information content (AvgIpc) is 2.36. The van der Waals surface area contributed by atoms with Crippen LogP contribution < -0.4 is 15.2 Å². The van der Waals surface area contributed by atoms with E-state index in [1.54, 1.807) is 0 Å². The van der Waals surface area contributed by atoms with Crippen molar-refractivity contribution >= 4 is 5.97 Å². The minimum atomic E-state index is -4.65. The SMILES string of the molecule is COc1cc(CC(N)C(=O)O)c(C(F)(F)F)cc1OC. The molecule has 0 amide bonds. The molecule has 20 heavy (non-hydrogen) atoms. The number of methoxy groups -OCH3 is 2. The minimum Gasteiger partial charge on any atom is -0.493 e. The molecule has 3 N–H and O–H groups in total. The second kappa shape index (κ2) is 6.00. The van der Waals surface area contributed by atoms with Crippen LogP contribution in [0.4, 0.5) is 13.2 Å². The van der Waals surface area contributed by atoms with Gasteiger partial charge in [0, 0.05) is 0 Å². The number of aliphatic carboxylic acids is 1. The van der Waals surface area contributed by atoms with E-state index >= 15 is 0 Å². The fourth-order valence-corrected chi connectivity index (χ4v) is 1.68. The van der Waals surface area contributed by atoms with Crippen molar-refractivity contribution in [2.24, 2.45) is 5.73 Å². The molecule has 0 spiro atoms. The van der Waals surface area contributed by atoms with Crippen LogP contribution in [0, 0.1) is 0 Å². The predicted molar refractivity (Wildman–Crippen MR) is 63.9 cm³/mol. The lowest BCUT2D eigenvalue weighted by Gasteiger charge is -2.18. The van der Waals surface area contributed by atoms with E-state index in [-0.39, 0.29) is 17.1 Å². The maximum Gasteiger partial charge on any atom is 0.416 e. The molecule has 1 aromatic rings. The molecule has 0 bridgehead atoms. The van der Waals surface area contributed by atoms with Gasteiger partial charge in [0.05, 0.1) is 19.8 Å². The van der Waals surface area contributed by atoms with E-state index in [2.05, 4.69) is 0 Å². The Labute approximate surface area is 113 Å². The van der Waals surface area contributed by atoms with E-state index in [1.807, 2.05) is 0 Å². The second-order valence-electron chi connectivity index (χ2n) is 4.01. The van der Waals surface area contributed by atoms with Gasteiger partial charge in [-0.3, -0.25) is 4.79 Å². The summed E-state index contributed by atoms with van der Waals surface area (Å²) in [7, 11) is 2.48. The molecule has 0 aromatic heterocycles. The number of benzene rings is 1. The van der Waals surface area contributed by atoms with Crippen LogP contribution in [0.15, 0.2) is 12.1 Å². The number of carbonyl (C=O) groups is 1. The molecule has 0 saturated heterocycles. The Morgan fingerprint density at radius 2 is 1.80 bits per heavy atom. The Morgan fingerprint density at radius 3 is 2.20 bits per heavy atom. The van der Waals surface area contributed by atoms with Gasteiger partial charge in [0.25, 0.3) is 0 Å². The fourth-order valence-electron chi connectivity index (χ4n) is 1.68. The molecule has 0 radical (unpaired) electrons. The lowest BCUT2D eigenvalue weighted by atomic mass is 9.99. The van der Waals surface area contributed by atoms with E-state index in [9.17, 15) is 18.0 Å². The number of hydrogen-bond acceptors (Lipinski definition) is 4. The van der Waals surface area contributed by atoms with Gasteiger partial charge < -0.3 is 20.3 Å². The predicted octanol–water partition coefficient (Wildman–Crippen LogP) is 1.68. The highest BCUT2D eigenvalue weighted by Crippen LogP contribution is 2.39. The number of carboxylic acid groups (broad SMARTS) is 1. The van der Waals surface area contributed by atoms with Gasteiger partial charge in [-0.25, -0.2) is 0 Å². The molecule has 0 aliphatic heterocycles. The third-order valence-electron chi connectivity index (χ3n) is 2.67. The normalized spacial score (nSPS) is 12.9. The maximum absolute atomic E-state index is 13.0. The third kappa shape index (κ3) is 3.53. The molecule has 1 atom stereocenters. The molecule has 5 nitrogen and oxygen atoms in total. The molecular formula is C12H14F3NO4. The Bertz CT molecular complexity index is 502. The molecular weight excluding hydrogens is 279 g/mol. The molecule has 0 heterocycles. The van der Waals surface area contributed by atoms with E-state index < -0.39 is 30.2 Å². The maximum atomic E-state index is 13.0. The highest BCUT2D eigenvalue weighted by molar-refractivity contribution is 5.73. The van der Waals surface area contributed by atoms with Crippen molar-refractivity contribution in [2.45, 2.75) is 18.6 Å². The zero-order valence-electron chi connectivity index (χ0n) is 10.8. The summed E-state index contributed by atoms with van der Waals surface area (Å²) < 4.78 is 48.6. The largest absolute Gasteiger partial charge is 0.493 e. The summed E-state index contributed by atoms with van der Waals surface area (Å²) in [6.07, 6.45) is -5.11. The van der Waals surface area contributed by atoms with Gasteiger partial charge in [0.15, 0.2) is 11.5 Å². The average molecular weight is 293 g/mol.